The van der Waals surface area contributed by atoms with Crippen LogP contribution in [-0.2, 0) is 26.2 Å². The summed E-state index contributed by atoms with van der Waals surface area (Å²) in [7, 11) is -2.13. The number of amides is 2. The van der Waals surface area contributed by atoms with Crippen molar-refractivity contribution in [3.8, 4) is 0 Å². The van der Waals surface area contributed by atoms with Gasteiger partial charge in [0.15, 0.2) is 0 Å². The number of carbonyl (C=O) groups excluding carboxylic acids is 2. The first-order valence-corrected chi connectivity index (χ1v) is 13.9. The van der Waals surface area contributed by atoms with E-state index < -0.39 is 16.1 Å². The molecule has 2 aromatic rings. The molecule has 35 heavy (non-hydrogen) atoms. The summed E-state index contributed by atoms with van der Waals surface area (Å²) in [6, 6.07) is 14.8. The first-order valence-electron chi connectivity index (χ1n) is 12.0. The van der Waals surface area contributed by atoms with Crippen molar-refractivity contribution < 1.29 is 18.0 Å². The first kappa shape index (κ1) is 28.8. The van der Waals surface area contributed by atoms with Crippen LogP contribution < -0.4 is 5.32 Å². The highest BCUT2D eigenvalue weighted by atomic mass is 35.5. The predicted molar refractivity (Wildman–Crippen MR) is 139 cm³/mol. The van der Waals surface area contributed by atoms with Crippen LogP contribution in [-0.4, -0.2) is 55.6 Å². The number of halogens is 1. The Morgan fingerprint density at radius 2 is 1.66 bits per heavy atom. The molecule has 2 aromatic carbocycles. The van der Waals surface area contributed by atoms with Crippen molar-refractivity contribution in [3.63, 3.8) is 0 Å². The molecule has 192 valence electrons. The van der Waals surface area contributed by atoms with E-state index in [1.165, 1.54) is 11.4 Å². The highest BCUT2D eigenvalue weighted by molar-refractivity contribution is 7.89. The maximum absolute atomic E-state index is 13.3. The Labute approximate surface area is 214 Å². The fourth-order valence-corrected chi connectivity index (χ4v) is 5.15. The molecule has 0 saturated carbocycles. The molecule has 9 heteroatoms. The van der Waals surface area contributed by atoms with Crippen LogP contribution in [0.3, 0.4) is 0 Å². The van der Waals surface area contributed by atoms with Gasteiger partial charge >= 0.3 is 0 Å². The monoisotopic (exact) mass is 521 g/mol. The predicted octanol–water partition coefficient (Wildman–Crippen LogP) is 4.46. The molecule has 0 heterocycles. The summed E-state index contributed by atoms with van der Waals surface area (Å²) in [6.45, 7) is 4.86. The fourth-order valence-electron chi connectivity index (χ4n) is 3.72. The minimum absolute atomic E-state index is 0.109. The SMILES string of the molecule is CCCCNC(=O)[C@H](CC)N(Cc1ccccc1Cl)C(=O)CCCN(C)S(=O)(=O)c1ccccc1. The van der Waals surface area contributed by atoms with Crippen LogP contribution in [0.5, 0.6) is 0 Å². The van der Waals surface area contributed by atoms with Crippen molar-refractivity contribution in [3.05, 3.63) is 65.2 Å². The molecule has 0 aliphatic rings. The number of hydrogen-bond donors (Lipinski definition) is 1. The highest BCUT2D eigenvalue weighted by Gasteiger charge is 2.29. The number of nitrogens with one attached hydrogen (secondary N) is 1. The van der Waals surface area contributed by atoms with Gasteiger partial charge in [-0.3, -0.25) is 9.59 Å². The standard InChI is InChI=1S/C26H36ClN3O4S/c1-4-6-18-28-26(32)24(5-2)30(20-21-13-10-11-16-23(21)27)25(31)17-12-19-29(3)35(33,34)22-14-8-7-9-15-22/h7-11,13-16,24H,4-6,12,17-20H2,1-3H3,(H,28,32)/t24-/m0/s1. The Hall–Kier alpha value is -2.42. The molecule has 2 rings (SSSR count). The molecule has 0 aliphatic heterocycles. The van der Waals surface area contributed by atoms with Gasteiger partial charge in [0.1, 0.15) is 6.04 Å². The lowest BCUT2D eigenvalue weighted by molar-refractivity contribution is -0.141. The van der Waals surface area contributed by atoms with Crippen molar-refractivity contribution in [1.29, 1.82) is 0 Å². The zero-order valence-electron chi connectivity index (χ0n) is 20.7. The summed E-state index contributed by atoms with van der Waals surface area (Å²) in [4.78, 5) is 28.0. The summed E-state index contributed by atoms with van der Waals surface area (Å²) in [5.74, 6) is -0.405. The van der Waals surface area contributed by atoms with Crippen molar-refractivity contribution in [2.24, 2.45) is 0 Å². The van der Waals surface area contributed by atoms with Gasteiger partial charge in [-0.2, -0.15) is 0 Å². The molecule has 0 radical (unpaired) electrons. The number of unbranched alkanes of at least 4 members (excludes halogenated alkanes) is 1. The number of rotatable bonds is 14. The lowest BCUT2D eigenvalue weighted by Crippen LogP contribution is -2.49. The van der Waals surface area contributed by atoms with Crippen molar-refractivity contribution in [2.75, 3.05) is 20.1 Å². The molecule has 0 saturated heterocycles. The topological polar surface area (TPSA) is 86.8 Å². The Morgan fingerprint density at radius 3 is 2.29 bits per heavy atom. The second kappa shape index (κ2) is 14.2. The summed E-state index contributed by atoms with van der Waals surface area (Å²) in [5.41, 5.74) is 0.756. The number of nitrogens with zero attached hydrogens (tertiary/aromatic N) is 2. The minimum Gasteiger partial charge on any atom is -0.354 e. The van der Waals surface area contributed by atoms with Gasteiger partial charge in [-0.25, -0.2) is 12.7 Å². The minimum atomic E-state index is -3.63. The van der Waals surface area contributed by atoms with Gasteiger partial charge in [0.05, 0.1) is 4.90 Å². The van der Waals surface area contributed by atoms with Crippen LogP contribution in [0.15, 0.2) is 59.5 Å². The van der Waals surface area contributed by atoms with E-state index in [1.54, 1.807) is 41.3 Å². The summed E-state index contributed by atoms with van der Waals surface area (Å²) in [5, 5.41) is 3.46. The number of benzene rings is 2. The van der Waals surface area contributed by atoms with Crippen LogP contribution in [0.25, 0.3) is 0 Å². The zero-order chi connectivity index (χ0) is 25.8. The molecular formula is C26H36ClN3O4S. The molecule has 0 unspecified atom stereocenters. The summed E-state index contributed by atoms with van der Waals surface area (Å²) < 4.78 is 26.8. The smallest absolute Gasteiger partial charge is 0.242 e. The van der Waals surface area contributed by atoms with E-state index in [1.807, 2.05) is 32.0 Å². The third kappa shape index (κ3) is 8.33. The highest BCUT2D eigenvalue weighted by Crippen LogP contribution is 2.21. The van der Waals surface area contributed by atoms with Crippen LogP contribution >= 0.6 is 11.6 Å². The zero-order valence-corrected chi connectivity index (χ0v) is 22.3. The summed E-state index contributed by atoms with van der Waals surface area (Å²) in [6.07, 6.45) is 2.71. The molecule has 0 aromatic heterocycles. The molecule has 0 spiro atoms. The van der Waals surface area contributed by atoms with Gasteiger partial charge in [-0.05, 0) is 43.0 Å². The Balaban J connectivity index is 2.12. The molecule has 1 atom stereocenters. The van der Waals surface area contributed by atoms with E-state index in [0.29, 0.717) is 24.4 Å². The van der Waals surface area contributed by atoms with Crippen molar-refractivity contribution in [2.45, 2.75) is 63.4 Å². The van der Waals surface area contributed by atoms with E-state index >= 15 is 0 Å². The molecule has 7 nitrogen and oxygen atoms in total. The van der Waals surface area contributed by atoms with Gasteiger partial charge in [0, 0.05) is 38.1 Å². The van der Waals surface area contributed by atoms with Crippen LogP contribution in [0, 0.1) is 0 Å². The van der Waals surface area contributed by atoms with Gasteiger partial charge in [-0.1, -0.05) is 68.3 Å². The quantitative estimate of drug-likeness (QED) is 0.372. The van der Waals surface area contributed by atoms with E-state index in [9.17, 15) is 18.0 Å². The van der Waals surface area contributed by atoms with E-state index in [2.05, 4.69) is 5.32 Å². The second-order valence-corrected chi connectivity index (χ2v) is 10.9. The number of hydrogen-bond acceptors (Lipinski definition) is 4. The molecule has 1 N–H and O–H groups in total. The molecular weight excluding hydrogens is 486 g/mol. The first-order chi connectivity index (χ1) is 16.7. The Morgan fingerprint density at radius 1 is 1.00 bits per heavy atom. The average Bonchev–Trinajstić information content (AvgIpc) is 2.85. The number of carbonyl (C=O) groups is 2. The van der Waals surface area contributed by atoms with E-state index in [4.69, 9.17) is 11.6 Å². The maximum atomic E-state index is 13.3. The third-order valence-electron chi connectivity index (χ3n) is 5.83. The molecule has 0 fully saturated rings. The lowest BCUT2D eigenvalue weighted by Gasteiger charge is -2.31. The number of sulfonamides is 1. The Kier molecular flexibility index (Phi) is 11.7. The van der Waals surface area contributed by atoms with Gasteiger partial charge in [-0.15, -0.1) is 0 Å². The van der Waals surface area contributed by atoms with Gasteiger partial charge in [0.2, 0.25) is 21.8 Å². The van der Waals surface area contributed by atoms with Crippen LogP contribution in [0.4, 0.5) is 0 Å². The molecule has 2 amide bonds. The Bertz CT molecular complexity index is 1060. The fraction of sp³-hybridized carbons (Fsp3) is 0.462. The van der Waals surface area contributed by atoms with Gasteiger partial charge < -0.3 is 10.2 Å². The average molecular weight is 522 g/mol. The van der Waals surface area contributed by atoms with Crippen molar-refractivity contribution in [1.82, 2.24) is 14.5 Å². The maximum Gasteiger partial charge on any atom is 0.242 e. The van der Waals surface area contributed by atoms with Crippen LogP contribution in [0.1, 0.15) is 51.5 Å². The largest absolute Gasteiger partial charge is 0.354 e. The van der Waals surface area contributed by atoms with Crippen molar-refractivity contribution >= 4 is 33.4 Å². The van der Waals surface area contributed by atoms with Crippen LogP contribution in [0.2, 0.25) is 5.02 Å². The summed E-state index contributed by atoms with van der Waals surface area (Å²) >= 11 is 6.35. The molecule has 0 aliphatic carbocycles. The normalized spacial score (nSPS) is 12.4. The van der Waals surface area contributed by atoms with E-state index in [0.717, 1.165) is 18.4 Å². The van der Waals surface area contributed by atoms with Gasteiger partial charge in [0.25, 0.3) is 0 Å². The second-order valence-electron chi connectivity index (χ2n) is 8.42. The van der Waals surface area contributed by atoms with E-state index in [-0.39, 0.29) is 36.2 Å². The lowest BCUT2D eigenvalue weighted by atomic mass is 10.1. The molecule has 0 bridgehead atoms. The third-order valence-corrected chi connectivity index (χ3v) is 8.07.